The van der Waals surface area contributed by atoms with E-state index < -0.39 is 0 Å². The van der Waals surface area contributed by atoms with E-state index in [1.807, 2.05) is 0 Å². The molecule has 3 aromatic heterocycles. The molecule has 5 heterocycles. The molecule has 44 heavy (non-hydrogen) atoms. The molecular weight excluding hydrogens is 536 g/mol. The van der Waals surface area contributed by atoms with Gasteiger partial charge in [-0.3, -0.25) is 0 Å². The van der Waals surface area contributed by atoms with Crippen molar-refractivity contribution in [2.45, 2.75) is 92.9 Å². The average molecular weight is 581 g/mol. The quantitative estimate of drug-likeness (QED) is 0.238. The van der Waals surface area contributed by atoms with Gasteiger partial charge in [0.2, 0.25) is 0 Å². The van der Waals surface area contributed by atoms with E-state index in [1.54, 1.807) is 0 Å². The van der Waals surface area contributed by atoms with Gasteiger partial charge in [-0.15, -0.1) is 0 Å². The predicted octanol–water partition coefficient (Wildman–Crippen LogP) is 10.0. The highest BCUT2D eigenvalue weighted by molar-refractivity contribution is 5.98. The molecule has 1 aliphatic carbocycles. The van der Waals surface area contributed by atoms with Crippen LogP contribution in [0, 0.1) is 0 Å². The van der Waals surface area contributed by atoms with Gasteiger partial charge < -0.3 is 9.97 Å². The summed E-state index contributed by atoms with van der Waals surface area (Å²) in [7, 11) is 0. The molecule has 4 aromatic rings. The molecule has 0 saturated carbocycles. The Balaban J connectivity index is 1.63. The van der Waals surface area contributed by atoms with Gasteiger partial charge in [-0.2, -0.15) is 0 Å². The zero-order valence-electron chi connectivity index (χ0n) is 27.2. The number of benzene rings is 1. The van der Waals surface area contributed by atoms with Gasteiger partial charge in [-0.05, 0) is 118 Å². The molecule has 3 aliphatic rings. The first kappa shape index (κ1) is 28.6. The third-order valence-electron chi connectivity index (χ3n) is 10.1. The lowest BCUT2D eigenvalue weighted by Crippen LogP contribution is -2.04. The van der Waals surface area contributed by atoms with Crippen LogP contribution >= 0.6 is 0 Å². The van der Waals surface area contributed by atoms with Crippen LogP contribution in [0.2, 0.25) is 0 Å². The van der Waals surface area contributed by atoms with Gasteiger partial charge in [0.05, 0.1) is 22.8 Å². The molecule has 8 bridgehead atoms. The summed E-state index contributed by atoms with van der Waals surface area (Å²) in [5, 5.41) is 0. The van der Waals surface area contributed by atoms with Gasteiger partial charge in [0.25, 0.3) is 0 Å². The number of aromatic nitrogens is 4. The monoisotopic (exact) mass is 580 g/mol. The van der Waals surface area contributed by atoms with Crippen LogP contribution in [-0.4, -0.2) is 19.9 Å². The predicted molar refractivity (Wildman–Crippen MR) is 187 cm³/mol. The van der Waals surface area contributed by atoms with E-state index in [0.717, 1.165) is 74.1 Å². The van der Waals surface area contributed by atoms with E-state index in [1.165, 1.54) is 77.7 Å². The van der Waals surface area contributed by atoms with Crippen molar-refractivity contribution in [1.29, 1.82) is 0 Å². The lowest BCUT2D eigenvalue weighted by molar-refractivity contribution is 1.07. The van der Waals surface area contributed by atoms with Crippen LogP contribution in [-0.2, 0) is 38.5 Å². The van der Waals surface area contributed by atoms with E-state index in [2.05, 4.69) is 100 Å². The lowest BCUT2D eigenvalue weighted by atomic mass is 9.84. The summed E-state index contributed by atoms with van der Waals surface area (Å²) >= 11 is 0. The SMILES string of the molecule is CCC1=C(CC)c2cc3[nH]c(cc4[nH]c(cc5nc(cc1n2)C1=C5Cc2ccccc2C1)c(CC)c4CC)c(CC)c3CC. The second kappa shape index (κ2) is 11.4. The van der Waals surface area contributed by atoms with Crippen LogP contribution in [0.1, 0.15) is 111 Å². The highest BCUT2D eigenvalue weighted by Crippen LogP contribution is 2.42. The zero-order valence-corrected chi connectivity index (χ0v) is 27.2. The van der Waals surface area contributed by atoms with E-state index in [-0.39, 0.29) is 0 Å². The molecule has 4 heteroatoms. The summed E-state index contributed by atoms with van der Waals surface area (Å²) in [5.41, 5.74) is 23.0. The van der Waals surface area contributed by atoms with Crippen LogP contribution < -0.4 is 0 Å². The topological polar surface area (TPSA) is 57.4 Å². The molecule has 0 atom stereocenters. The smallest absolute Gasteiger partial charge is 0.0697 e. The molecule has 0 amide bonds. The Hall–Kier alpha value is -4.18. The molecule has 2 N–H and O–H groups in total. The minimum absolute atomic E-state index is 0.912. The third-order valence-corrected chi connectivity index (χ3v) is 10.1. The van der Waals surface area contributed by atoms with Crippen LogP contribution in [0.4, 0.5) is 0 Å². The molecule has 1 aromatic carbocycles. The van der Waals surface area contributed by atoms with Gasteiger partial charge in [0, 0.05) is 34.9 Å². The number of hydrogen-bond donors (Lipinski definition) is 2. The summed E-state index contributed by atoms with van der Waals surface area (Å²) in [4.78, 5) is 18.5. The minimum Gasteiger partial charge on any atom is -0.355 e. The Kier molecular flexibility index (Phi) is 7.40. The summed E-state index contributed by atoms with van der Waals surface area (Å²) in [5.74, 6) is 0. The summed E-state index contributed by atoms with van der Waals surface area (Å²) in [6.07, 6.45) is 7.68. The molecule has 224 valence electrons. The van der Waals surface area contributed by atoms with Crippen LogP contribution in [0.25, 0.3) is 44.4 Å². The lowest BCUT2D eigenvalue weighted by Gasteiger charge is -2.18. The molecule has 7 rings (SSSR count). The number of nitrogens with one attached hydrogen (secondary N) is 2. The molecule has 0 saturated heterocycles. The van der Waals surface area contributed by atoms with Crippen molar-refractivity contribution in [1.82, 2.24) is 19.9 Å². The van der Waals surface area contributed by atoms with E-state index in [9.17, 15) is 0 Å². The van der Waals surface area contributed by atoms with E-state index >= 15 is 0 Å². The highest BCUT2D eigenvalue weighted by atomic mass is 14.8. The standard InChI is InChI=1S/C40H44N4/c1-7-25-26(8-2)34-20-36-28(10-4)30(12-6)38(43-36)22-40-32-18-24-16-14-13-15-23(24)17-31(32)39(44-40)21-37-29(11-5)27(9-3)35(42-37)19-33(25)41-34/h13-16,19-22,41-42H,7-12,17-18H2,1-6H3. The molecule has 0 spiro atoms. The molecule has 0 unspecified atom stereocenters. The van der Waals surface area contributed by atoms with Crippen molar-refractivity contribution in [3.63, 3.8) is 0 Å². The normalized spacial score (nSPS) is 14.3. The number of nitrogens with zero attached hydrogens (tertiary/aromatic N) is 2. The van der Waals surface area contributed by atoms with E-state index in [4.69, 9.17) is 9.97 Å². The minimum atomic E-state index is 0.912. The van der Waals surface area contributed by atoms with Gasteiger partial charge in [-0.25, -0.2) is 9.97 Å². The number of aryl methyl sites for hydroxylation is 4. The Morgan fingerprint density at radius 3 is 1.32 bits per heavy atom. The summed E-state index contributed by atoms with van der Waals surface area (Å²) in [6.45, 7) is 13.6. The van der Waals surface area contributed by atoms with E-state index in [0.29, 0.717) is 0 Å². The third kappa shape index (κ3) is 4.49. The maximum absolute atomic E-state index is 5.40. The van der Waals surface area contributed by atoms with Crippen molar-refractivity contribution in [3.05, 3.63) is 105 Å². The van der Waals surface area contributed by atoms with Gasteiger partial charge >= 0.3 is 0 Å². The number of aromatic amines is 2. The van der Waals surface area contributed by atoms with Crippen molar-refractivity contribution >= 4 is 44.4 Å². The Morgan fingerprint density at radius 2 is 0.864 bits per heavy atom. The van der Waals surface area contributed by atoms with Crippen molar-refractivity contribution < 1.29 is 0 Å². The number of H-pyrrole nitrogens is 2. The van der Waals surface area contributed by atoms with Crippen molar-refractivity contribution in [3.8, 4) is 0 Å². The zero-order chi connectivity index (χ0) is 30.5. The van der Waals surface area contributed by atoms with Crippen LogP contribution in [0.15, 0.2) is 48.5 Å². The fraction of sp³-hybridized carbons (Fsp3) is 0.350. The largest absolute Gasteiger partial charge is 0.355 e. The first-order valence-corrected chi connectivity index (χ1v) is 16.8. The second-order valence-corrected chi connectivity index (χ2v) is 12.3. The number of fused-ring (bicyclic) bond motifs is 11. The highest BCUT2D eigenvalue weighted by Gasteiger charge is 2.27. The second-order valence-electron chi connectivity index (χ2n) is 12.3. The Morgan fingerprint density at radius 1 is 0.477 bits per heavy atom. The van der Waals surface area contributed by atoms with Gasteiger partial charge in [-0.1, -0.05) is 65.8 Å². The van der Waals surface area contributed by atoms with Crippen LogP contribution in [0.5, 0.6) is 0 Å². The van der Waals surface area contributed by atoms with Crippen molar-refractivity contribution in [2.75, 3.05) is 0 Å². The fourth-order valence-electron chi connectivity index (χ4n) is 7.99. The summed E-state index contributed by atoms with van der Waals surface area (Å²) in [6, 6.07) is 18.2. The molecule has 0 fully saturated rings. The molecular formula is C40H44N4. The Bertz CT molecular complexity index is 2030. The average Bonchev–Trinajstić information content (AvgIpc) is 3.75. The van der Waals surface area contributed by atoms with Gasteiger partial charge in [0.15, 0.2) is 0 Å². The molecule has 2 aliphatic heterocycles. The summed E-state index contributed by atoms with van der Waals surface area (Å²) < 4.78 is 0. The maximum Gasteiger partial charge on any atom is 0.0697 e. The fourth-order valence-corrected chi connectivity index (χ4v) is 7.99. The first-order valence-electron chi connectivity index (χ1n) is 16.8. The van der Waals surface area contributed by atoms with Crippen molar-refractivity contribution in [2.24, 2.45) is 0 Å². The first-order chi connectivity index (χ1) is 21.5. The number of allylic oxidation sites excluding steroid dienone is 4. The van der Waals surface area contributed by atoms with Gasteiger partial charge in [0.1, 0.15) is 0 Å². The maximum atomic E-state index is 5.40. The molecule has 0 radical (unpaired) electrons. The molecule has 4 nitrogen and oxygen atoms in total. The number of rotatable bonds is 6. The van der Waals surface area contributed by atoms with Crippen LogP contribution in [0.3, 0.4) is 0 Å². The number of hydrogen-bond acceptors (Lipinski definition) is 2. The Labute approximate surface area is 261 Å².